The summed E-state index contributed by atoms with van der Waals surface area (Å²) in [6.07, 6.45) is 0.902. The summed E-state index contributed by atoms with van der Waals surface area (Å²) in [5.41, 5.74) is 2.66. The molecule has 1 aromatic carbocycles. The molecule has 1 heterocycles. The van der Waals surface area contributed by atoms with Gasteiger partial charge in [0.15, 0.2) is 5.82 Å². The highest BCUT2D eigenvalue weighted by Gasteiger charge is 2.26. The van der Waals surface area contributed by atoms with Crippen LogP contribution in [0.4, 0.5) is 16.3 Å². The summed E-state index contributed by atoms with van der Waals surface area (Å²) < 4.78 is -0.129. The molecule has 2 rings (SSSR count). The maximum absolute atomic E-state index is 11.8. The molecule has 0 spiro atoms. The minimum atomic E-state index is -0.194. The van der Waals surface area contributed by atoms with Gasteiger partial charge in [0, 0.05) is 38.0 Å². The number of amides is 2. The Morgan fingerprint density at radius 1 is 1.17 bits per heavy atom. The van der Waals surface area contributed by atoms with E-state index in [2.05, 4.69) is 44.4 Å². The molecule has 0 aliphatic rings. The van der Waals surface area contributed by atoms with Crippen LogP contribution < -0.4 is 15.5 Å². The maximum Gasteiger partial charge on any atom is 0.319 e. The van der Waals surface area contributed by atoms with Gasteiger partial charge in [-0.3, -0.25) is 0 Å². The Labute approximate surface area is 178 Å². The van der Waals surface area contributed by atoms with Crippen molar-refractivity contribution in [2.75, 3.05) is 30.9 Å². The quantitative estimate of drug-likeness (QED) is 0.626. The zero-order valence-corrected chi connectivity index (χ0v) is 19.4. The highest BCUT2D eigenvalue weighted by Crippen LogP contribution is 2.38. The molecular formula is C22H33N5OS. The topological polar surface area (TPSA) is 70.2 Å². The van der Waals surface area contributed by atoms with Crippen LogP contribution in [-0.2, 0) is 4.75 Å². The van der Waals surface area contributed by atoms with Crippen molar-refractivity contribution in [3.8, 4) is 11.4 Å². The van der Waals surface area contributed by atoms with E-state index in [-0.39, 0.29) is 10.8 Å². The molecule has 2 amide bonds. The van der Waals surface area contributed by atoms with Crippen LogP contribution in [0, 0.1) is 0 Å². The first kappa shape index (κ1) is 23.0. The Hall–Kier alpha value is -2.28. The summed E-state index contributed by atoms with van der Waals surface area (Å²) in [5.74, 6) is 1.56. The standard InChI is InChI=1S/C22H33N5OS/c1-8-13-23-21(28)24-17-11-9-16(10-12-17)20-25-18(14-19(26-20)27(6)7)22(4,5)29-15(2)3/h9-12,14-15H,8,13H2,1-7H3,(H2,23,24,28). The Bertz CT molecular complexity index is 818. The number of hydrogen-bond acceptors (Lipinski definition) is 5. The number of aromatic nitrogens is 2. The van der Waals surface area contributed by atoms with Crippen molar-refractivity contribution in [2.24, 2.45) is 0 Å². The van der Waals surface area contributed by atoms with E-state index in [0.29, 0.717) is 17.6 Å². The molecule has 0 saturated carbocycles. The van der Waals surface area contributed by atoms with Gasteiger partial charge in [-0.15, -0.1) is 11.8 Å². The maximum atomic E-state index is 11.8. The lowest BCUT2D eigenvalue weighted by atomic mass is 10.1. The third kappa shape index (κ3) is 6.63. The van der Waals surface area contributed by atoms with Gasteiger partial charge < -0.3 is 15.5 Å². The summed E-state index contributed by atoms with van der Waals surface area (Å²) in [5, 5.41) is 6.14. The summed E-state index contributed by atoms with van der Waals surface area (Å²) >= 11 is 1.89. The number of carbonyl (C=O) groups excluding carboxylic acids is 1. The molecule has 0 radical (unpaired) electrons. The summed E-state index contributed by atoms with van der Waals surface area (Å²) in [4.78, 5) is 23.4. The van der Waals surface area contributed by atoms with Gasteiger partial charge >= 0.3 is 6.03 Å². The number of anilines is 2. The second-order valence-electron chi connectivity index (χ2n) is 7.96. The average molecular weight is 416 g/mol. The largest absolute Gasteiger partial charge is 0.363 e. The van der Waals surface area contributed by atoms with E-state index in [9.17, 15) is 4.79 Å². The predicted octanol–water partition coefficient (Wildman–Crippen LogP) is 5.12. The molecule has 2 aromatic rings. The molecule has 7 heteroatoms. The van der Waals surface area contributed by atoms with Crippen LogP contribution in [0.15, 0.2) is 30.3 Å². The van der Waals surface area contributed by atoms with Crippen molar-refractivity contribution in [2.45, 2.75) is 51.0 Å². The zero-order valence-electron chi connectivity index (χ0n) is 18.5. The molecule has 0 bridgehead atoms. The molecule has 2 N–H and O–H groups in total. The van der Waals surface area contributed by atoms with Gasteiger partial charge in [-0.2, -0.15) is 0 Å². The third-order valence-electron chi connectivity index (χ3n) is 4.25. The number of hydrogen-bond donors (Lipinski definition) is 2. The number of carbonyl (C=O) groups is 1. The molecule has 0 saturated heterocycles. The number of urea groups is 1. The van der Waals surface area contributed by atoms with Crippen molar-refractivity contribution in [1.29, 1.82) is 0 Å². The minimum absolute atomic E-state index is 0.129. The van der Waals surface area contributed by atoms with Gasteiger partial charge in [-0.1, -0.05) is 20.8 Å². The highest BCUT2D eigenvalue weighted by atomic mass is 32.2. The fraction of sp³-hybridized carbons (Fsp3) is 0.500. The van der Waals surface area contributed by atoms with Crippen LogP contribution in [0.2, 0.25) is 0 Å². The molecule has 0 fully saturated rings. The van der Waals surface area contributed by atoms with Crippen LogP contribution in [0.5, 0.6) is 0 Å². The smallest absolute Gasteiger partial charge is 0.319 e. The van der Waals surface area contributed by atoms with Crippen molar-refractivity contribution in [3.63, 3.8) is 0 Å². The Morgan fingerprint density at radius 2 is 1.83 bits per heavy atom. The van der Waals surface area contributed by atoms with Gasteiger partial charge in [0.1, 0.15) is 5.82 Å². The SMILES string of the molecule is CCCNC(=O)Nc1ccc(-c2nc(N(C)C)cc(C(C)(C)SC(C)C)n2)cc1. The molecule has 29 heavy (non-hydrogen) atoms. The van der Waals surface area contributed by atoms with E-state index in [1.165, 1.54) is 0 Å². The van der Waals surface area contributed by atoms with Crippen molar-refractivity contribution in [1.82, 2.24) is 15.3 Å². The highest BCUT2D eigenvalue weighted by molar-refractivity contribution is 8.00. The molecule has 1 aromatic heterocycles. The zero-order chi connectivity index (χ0) is 21.6. The third-order valence-corrected chi connectivity index (χ3v) is 5.52. The Balaban J connectivity index is 2.32. The monoisotopic (exact) mass is 415 g/mol. The summed E-state index contributed by atoms with van der Waals surface area (Å²) in [6, 6.07) is 9.50. The van der Waals surface area contributed by atoms with E-state index >= 15 is 0 Å². The van der Waals surface area contributed by atoms with Crippen LogP contribution in [0.25, 0.3) is 11.4 Å². The number of benzene rings is 1. The molecule has 0 aliphatic heterocycles. The van der Waals surface area contributed by atoms with E-state index in [1.54, 1.807) is 0 Å². The first-order chi connectivity index (χ1) is 13.6. The van der Waals surface area contributed by atoms with Gasteiger partial charge in [-0.25, -0.2) is 14.8 Å². The van der Waals surface area contributed by atoms with E-state index < -0.39 is 0 Å². The van der Waals surface area contributed by atoms with Gasteiger partial charge in [-0.05, 0) is 49.8 Å². The van der Waals surface area contributed by atoms with Crippen molar-refractivity contribution < 1.29 is 4.79 Å². The van der Waals surface area contributed by atoms with Crippen LogP contribution in [-0.4, -0.2) is 41.9 Å². The van der Waals surface area contributed by atoms with E-state index in [4.69, 9.17) is 9.97 Å². The number of thioether (sulfide) groups is 1. The lowest BCUT2D eigenvalue weighted by Gasteiger charge is -2.27. The van der Waals surface area contributed by atoms with Crippen molar-refractivity contribution >= 4 is 29.3 Å². The Morgan fingerprint density at radius 3 is 2.38 bits per heavy atom. The summed E-state index contributed by atoms with van der Waals surface area (Å²) in [6.45, 7) is 11.5. The van der Waals surface area contributed by atoms with Crippen molar-refractivity contribution in [3.05, 3.63) is 36.0 Å². The summed E-state index contributed by atoms with van der Waals surface area (Å²) in [7, 11) is 3.97. The van der Waals surface area contributed by atoms with Crippen LogP contribution in [0.1, 0.15) is 46.7 Å². The fourth-order valence-electron chi connectivity index (χ4n) is 2.87. The van der Waals surface area contributed by atoms with E-state index in [1.807, 2.05) is 61.9 Å². The Kier molecular flexibility index (Phi) is 7.90. The average Bonchev–Trinajstić information content (AvgIpc) is 2.65. The number of nitrogens with one attached hydrogen (secondary N) is 2. The number of rotatable bonds is 8. The minimum Gasteiger partial charge on any atom is -0.363 e. The first-order valence-corrected chi connectivity index (χ1v) is 10.9. The second kappa shape index (κ2) is 9.96. The molecule has 0 unspecified atom stereocenters. The predicted molar refractivity (Wildman–Crippen MR) is 125 cm³/mol. The molecule has 6 nitrogen and oxygen atoms in total. The molecule has 0 aliphatic carbocycles. The molecule has 0 atom stereocenters. The van der Waals surface area contributed by atoms with E-state index in [0.717, 1.165) is 29.2 Å². The van der Waals surface area contributed by atoms with Gasteiger partial charge in [0.25, 0.3) is 0 Å². The fourth-order valence-corrected chi connectivity index (χ4v) is 4.27. The normalized spacial score (nSPS) is 11.4. The van der Waals surface area contributed by atoms with Crippen LogP contribution in [0.3, 0.4) is 0 Å². The van der Waals surface area contributed by atoms with Crippen LogP contribution >= 0.6 is 11.8 Å². The van der Waals surface area contributed by atoms with Gasteiger partial charge in [0.2, 0.25) is 0 Å². The van der Waals surface area contributed by atoms with Gasteiger partial charge in [0.05, 0.1) is 10.4 Å². The first-order valence-electron chi connectivity index (χ1n) is 10.0. The lowest BCUT2D eigenvalue weighted by molar-refractivity contribution is 0.252. The molecular weight excluding hydrogens is 382 g/mol. The number of nitrogens with zero attached hydrogens (tertiary/aromatic N) is 3. The second-order valence-corrected chi connectivity index (χ2v) is 10.2. The lowest BCUT2D eigenvalue weighted by Crippen LogP contribution is -2.29. The molecule has 158 valence electrons.